The first-order valence-corrected chi connectivity index (χ1v) is 6.88. The quantitative estimate of drug-likeness (QED) is 0.796. The van der Waals surface area contributed by atoms with E-state index in [2.05, 4.69) is 39.5 Å². The molecule has 0 unspecified atom stereocenters. The van der Waals surface area contributed by atoms with Gasteiger partial charge in [0.15, 0.2) is 0 Å². The summed E-state index contributed by atoms with van der Waals surface area (Å²) >= 11 is 0. The average Bonchev–Trinajstić information content (AvgIpc) is 2.40. The topological polar surface area (TPSA) is 12.5 Å². The maximum Gasteiger partial charge on any atom is 0.0594 e. The molecule has 2 nitrogen and oxygen atoms in total. The Kier molecular flexibility index (Phi) is 4.08. The van der Waals surface area contributed by atoms with Gasteiger partial charge in [0.1, 0.15) is 0 Å². The molecule has 0 saturated carbocycles. The van der Waals surface area contributed by atoms with Crippen LogP contribution in [0.1, 0.15) is 33.4 Å². The van der Waals surface area contributed by atoms with E-state index in [4.69, 9.17) is 4.74 Å². The lowest BCUT2D eigenvalue weighted by atomic mass is 9.89. The maximum atomic E-state index is 5.42. The molecule has 1 saturated heterocycles. The molecule has 1 aromatic carbocycles. The van der Waals surface area contributed by atoms with Gasteiger partial charge in [0.05, 0.1) is 13.2 Å². The third-order valence-electron chi connectivity index (χ3n) is 4.64. The molecule has 1 aliphatic rings. The van der Waals surface area contributed by atoms with Gasteiger partial charge in [0.25, 0.3) is 0 Å². The number of ether oxygens (including phenoxy) is 1. The van der Waals surface area contributed by atoms with Crippen LogP contribution in [0, 0.1) is 34.6 Å². The van der Waals surface area contributed by atoms with E-state index < -0.39 is 0 Å². The van der Waals surface area contributed by atoms with Crippen LogP contribution in [0.3, 0.4) is 0 Å². The van der Waals surface area contributed by atoms with Crippen LogP contribution in [-0.2, 0) is 11.3 Å². The monoisotopic (exact) mass is 247 g/mol. The summed E-state index contributed by atoms with van der Waals surface area (Å²) in [7, 11) is 0. The van der Waals surface area contributed by atoms with E-state index >= 15 is 0 Å². The van der Waals surface area contributed by atoms with E-state index in [9.17, 15) is 0 Å². The second-order valence-corrected chi connectivity index (χ2v) is 5.49. The summed E-state index contributed by atoms with van der Waals surface area (Å²) in [4.78, 5) is 2.51. The lowest BCUT2D eigenvalue weighted by Crippen LogP contribution is -2.36. The lowest BCUT2D eigenvalue weighted by Gasteiger charge is -2.29. The number of hydrogen-bond acceptors (Lipinski definition) is 2. The van der Waals surface area contributed by atoms with Crippen molar-refractivity contribution in [3.05, 3.63) is 33.4 Å². The molecule has 1 aliphatic heterocycles. The van der Waals surface area contributed by atoms with Gasteiger partial charge < -0.3 is 4.74 Å². The van der Waals surface area contributed by atoms with Crippen LogP contribution in [0.5, 0.6) is 0 Å². The normalized spacial score (nSPS) is 17.2. The average molecular weight is 247 g/mol. The van der Waals surface area contributed by atoms with Crippen molar-refractivity contribution < 1.29 is 4.74 Å². The highest BCUT2D eigenvalue weighted by atomic mass is 16.5. The molecule has 100 valence electrons. The van der Waals surface area contributed by atoms with Crippen LogP contribution in [-0.4, -0.2) is 31.2 Å². The first-order chi connectivity index (χ1) is 8.52. The summed E-state index contributed by atoms with van der Waals surface area (Å²) in [5.41, 5.74) is 8.85. The molecule has 0 amide bonds. The predicted octanol–water partition coefficient (Wildman–Crippen LogP) is 3.06. The van der Waals surface area contributed by atoms with Gasteiger partial charge in [0, 0.05) is 19.6 Å². The van der Waals surface area contributed by atoms with Crippen molar-refractivity contribution in [2.45, 2.75) is 41.2 Å². The van der Waals surface area contributed by atoms with E-state index in [0.29, 0.717) is 0 Å². The third-order valence-corrected chi connectivity index (χ3v) is 4.64. The van der Waals surface area contributed by atoms with E-state index in [-0.39, 0.29) is 0 Å². The Morgan fingerprint density at radius 2 is 1.22 bits per heavy atom. The smallest absolute Gasteiger partial charge is 0.0594 e. The third kappa shape index (κ3) is 2.45. The molecule has 1 fully saturated rings. The predicted molar refractivity (Wildman–Crippen MR) is 76.2 cm³/mol. The van der Waals surface area contributed by atoms with Gasteiger partial charge in [-0.3, -0.25) is 4.90 Å². The van der Waals surface area contributed by atoms with Gasteiger partial charge in [0.2, 0.25) is 0 Å². The van der Waals surface area contributed by atoms with Crippen LogP contribution >= 0.6 is 0 Å². The first kappa shape index (κ1) is 13.6. The van der Waals surface area contributed by atoms with Crippen LogP contribution in [0.2, 0.25) is 0 Å². The first-order valence-electron chi connectivity index (χ1n) is 6.88. The highest BCUT2D eigenvalue weighted by Gasteiger charge is 2.16. The Hall–Kier alpha value is -0.860. The second kappa shape index (κ2) is 5.41. The number of nitrogens with zero attached hydrogens (tertiary/aromatic N) is 1. The summed E-state index contributed by atoms with van der Waals surface area (Å²) in [5, 5.41) is 0. The fraction of sp³-hybridized carbons (Fsp3) is 0.625. The van der Waals surface area contributed by atoms with Gasteiger partial charge >= 0.3 is 0 Å². The molecular formula is C16H25NO. The number of hydrogen-bond donors (Lipinski definition) is 0. The number of morpholine rings is 1. The molecule has 0 N–H and O–H groups in total. The van der Waals surface area contributed by atoms with Crippen molar-refractivity contribution in [1.29, 1.82) is 0 Å². The fourth-order valence-corrected chi connectivity index (χ4v) is 2.80. The molecule has 18 heavy (non-hydrogen) atoms. The molecule has 2 heteroatoms. The van der Waals surface area contributed by atoms with Crippen LogP contribution < -0.4 is 0 Å². The zero-order chi connectivity index (χ0) is 13.3. The van der Waals surface area contributed by atoms with Crippen LogP contribution in [0.15, 0.2) is 0 Å². The van der Waals surface area contributed by atoms with Crippen molar-refractivity contribution in [3.8, 4) is 0 Å². The Balaban J connectivity index is 2.32. The molecule has 0 atom stereocenters. The zero-order valence-corrected chi connectivity index (χ0v) is 12.4. The van der Waals surface area contributed by atoms with Gasteiger partial charge in [-0.15, -0.1) is 0 Å². The van der Waals surface area contributed by atoms with Crippen molar-refractivity contribution in [1.82, 2.24) is 4.90 Å². The van der Waals surface area contributed by atoms with Crippen molar-refractivity contribution in [2.75, 3.05) is 26.3 Å². The number of benzene rings is 1. The molecule has 0 aromatic heterocycles. The second-order valence-electron chi connectivity index (χ2n) is 5.49. The summed E-state index contributed by atoms with van der Waals surface area (Å²) < 4.78 is 5.42. The molecule has 0 radical (unpaired) electrons. The van der Waals surface area contributed by atoms with Crippen molar-refractivity contribution in [3.63, 3.8) is 0 Å². The number of rotatable bonds is 2. The van der Waals surface area contributed by atoms with E-state index in [1.807, 2.05) is 0 Å². The molecule has 0 spiro atoms. The van der Waals surface area contributed by atoms with Gasteiger partial charge in [-0.05, 0) is 68.0 Å². The molecule has 0 bridgehead atoms. The minimum absolute atomic E-state index is 0.877. The summed E-state index contributed by atoms with van der Waals surface area (Å²) in [6.45, 7) is 16.2. The van der Waals surface area contributed by atoms with Crippen molar-refractivity contribution in [2.24, 2.45) is 0 Å². The van der Waals surface area contributed by atoms with E-state index in [0.717, 1.165) is 32.8 Å². The highest BCUT2D eigenvalue weighted by molar-refractivity contribution is 5.49. The van der Waals surface area contributed by atoms with Crippen LogP contribution in [0.25, 0.3) is 0 Å². The molecule has 2 rings (SSSR count). The minimum atomic E-state index is 0.877. The zero-order valence-electron chi connectivity index (χ0n) is 12.4. The highest BCUT2D eigenvalue weighted by Crippen LogP contribution is 2.27. The minimum Gasteiger partial charge on any atom is -0.379 e. The summed E-state index contributed by atoms with van der Waals surface area (Å²) in [6, 6.07) is 0. The van der Waals surface area contributed by atoms with E-state index in [1.54, 1.807) is 0 Å². The fourth-order valence-electron chi connectivity index (χ4n) is 2.80. The maximum absolute atomic E-state index is 5.42. The Morgan fingerprint density at radius 3 is 1.72 bits per heavy atom. The SMILES string of the molecule is Cc1c(C)c(C)c(CN2CCOCC2)c(C)c1C. The van der Waals surface area contributed by atoms with Gasteiger partial charge in [-0.1, -0.05) is 0 Å². The van der Waals surface area contributed by atoms with E-state index in [1.165, 1.54) is 33.4 Å². The summed E-state index contributed by atoms with van der Waals surface area (Å²) in [5.74, 6) is 0. The molecular weight excluding hydrogens is 222 g/mol. The standard InChI is InChI=1S/C16H25NO/c1-11-12(2)14(4)16(15(5)13(11)3)10-17-6-8-18-9-7-17/h6-10H2,1-5H3. The largest absolute Gasteiger partial charge is 0.379 e. The Bertz CT molecular complexity index is 416. The molecule has 1 aromatic rings. The van der Waals surface area contributed by atoms with Gasteiger partial charge in [-0.2, -0.15) is 0 Å². The van der Waals surface area contributed by atoms with Crippen LogP contribution in [0.4, 0.5) is 0 Å². The Morgan fingerprint density at radius 1 is 0.778 bits per heavy atom. The lowest BCUT2D eigenvalue weighted by molar-refractivity contribution is 0.0340. The Labute approximate surface area is 111 Å². The van der Waals surface area contributed by atoms with Gasteiger partial charge in [-0.25, -0.2) is 0 Å². The molecule has 0 aliphatic carbocycles. The molecule has 1 heterocycles. The summed E-state index contributed by atoms with van der Waals surface area (Å²) in [6.07, 6.45) is 0. The van der Waals surface area contributed by atoms with Crippen molar-refractivity contribution >= 4 is 0 Å².